The van der Waals surface area contributed by atoms with Gasteiger partial charge in [0.25, 0.3) is 0 Å². The van der Waals surface area contributed by atoms with Crippen molar-refractivity contribution >= 4 is 17.4 Å². The molecule has 1 unspecified atom stereocenters. The second-order valence-corrected chi connectivity index (χ2v) is 6.80. The van der Waals surface area contributed by atoms with Crippen LogP contribution in [0.4, 0.5) is 8.78 Å². The van der Waals surface area contributed by atoms with E-state index in [0.29, 0.717) is 23.7 Å². The molecule has 1 N–H and O–H groups in total. The largest absolute Gasteiger partial charge is 0.493 e. The van der Waals surface area contributed by atoms with Crippen LogP contribution in [0.3, 0.4) is 0 Å². The first kappa shape index (κ1) is 16.3. The molecule has 1 aromatic carbocycles. The average molecular weight is 363 g/mol. The number of benzene rings is 1. The van der Waals surface area contributed by atoms with Gasteiger partial charge in [0.2, 0.25) is 5.88 Å². The lowest BCUT2D eigenvalue weighted by Gasteiger charge is -2.05. The minimum absolute atomic E-state index is 0.0513. The standard InChI is InChI=1S/C17H15F2N3O2S/c18-11-3-1-5-14(17(11)19)25-9-10-7-16(23)22-15(20-10)8-12(21-22)13-4-2-6-24-13/h1,3,5,7-8,13,23H,2,4,6,9H2. The van der Waals surface area contributed by atoms with E-state index >= 15 is 0 Å². The van der Waals surface area contributed by atoms with Crippen molar-refractivity contribution in [3.05, 3.63) is 53.4 Å². The third-order valence-electron chi connectivity index (χ3n) is 4.03. The first-order valence-electron chi connectivity index (χ1n) is 7.89. The lowest BCUT2D eigenvalue weighted by Crippen LogP contribution is -1.98. The fourth-order valence-electron chi connectivity index (χ4n) is 2.82. The number of halogens is 2. The van der Waals surface area contributed by atoms with Crippen molar-refractivity contribution in [2.45, 2.75) is 29.6 Å². The van der Waals surface area contributed by atoms with Crippen molar-refractivity contribution < 1.29 is 18.6 Å². The lowest BCUT2D eigenvalue weighted by atomic mass is 10.2. The highest BCUT2D eigenvalue weighted by molar-refractivity contribution is 7.98. The number of aromatic nitrogens is 3. The molecule has 5 nitrogen and oxygen atoms in total. The fraction of sp³-hybridized carbons (Fsp3) is 0.294. The summed E-state index contributed by atoms with van der Waals surface area (Å²) in [5.41, 5.74) is 1.79. The molecule has 1 aliphatic heterocycles. The van der Waals surface area contributed by atoms with E-state index in [1.54, 1.807) is 6.07 Å². The molecule has 0 spiro atoms. The molecule has 0 radical (unpaired) electrons. The van der Waals surface area contributed by atoms with Crippen LogP contribution < -0.4 is 0 Å². The summed E-state index contributed by atoms with van der Waals surface area (Å²) in [6, 6.07) is 7.31. The second-order valence-electron chi connectivity index (χ2n) is 5.79. The summed E-state index contributed by atoms with van der Waals surface area (Å²) in [6.45, 7) is 0.707. The van der Waals surface area contributed by atoms with Gasteiger partial charge < -0.3 is 9.84 Å². The molecule has 0 amide bonds. The topological polar surface area (TPSA) is 59.7 Å². The molecule has 25 heavy (non-hydrogen) atoms. The van der Waals surface area contributed by atoms with Gasteiger partial charge in [-0.15, -0.1) is 11.8 Å². The normalized spacial score (nSPS) is 17.4. The van der Waals surface area contributed by atoms with Crippen LogP contribution >= 0.6 is 11.8 Å². The van der Waals surface area contributed by atoms with Crippen molar-refractivity contribution in [1.82, 2.24) is 14.6 Å². The van der Waals surface area contributed by atoms with Gasteiger partial charge in [-0.05, 0) is 25.0 Å². The van der Waals surface area contributed by atoms with Crippen LogP contribution in [0.1, 0.15) is 30.3 Å². The minimum Gasteiger partial charge on any atom is -0.493 e. The van der Waals surface area contributed by atoms with Gasteiger partial charge >= 0.3 is 0 Å². The Morgan fingerprint density at radius 2 is 2.20 bits per heavy atom. The minimum atomic E-state index is -0.881. The summed E-state index contributed by atoms with van der Waals surface area (Å²) in [6.07, 6.45) is 1.81. The molecule has 8 heteroatoms. The first-order valence-corrected chi connectivity index (χ1v) is 8.87. The molecular formula is C17H15F2N3O2S. The summed E-state index contributed by atoms with van der Waals surface area (Å²) < 4.78 is 33.9. The van der Waals surface area contributed by atoms with E-state index in [4.69, 9.17) is 4.74 Å². The van der Waals surface area contributed by atoms with E-state index in [2.05, 4.69) is 10.1 Å². The van der Waals surface area contributed by atoms with Gasteiger partial charge in [-0.25, -0.2) is 13.8 Å². The van der Waals surface area contributed by atoms with Crippen molar-refractivity contribution in [2.75, 3.05) is 6.61 Å². The maximum absolute atomic E-state index is 13.7. The van der Waals surface area contributed by atoms with E-state index in [1.807, 2.05) is 0 Å². The van der Waals surface area contributed by atoms with Gasteiger partial charge in [-0.1, -0.05) is 6.07 Å². The second kappa shape index (κ2) is 6.61. The highest BCUT2D eigenvalue weighted by Crippen LogP contribution is 2.30. The number of fused-ring (bicyclic) bond motifs is 1. The lowest BCUT2D eigenvalue weighted by molar-refractivity contribution is 0.108. The third kappa shape index (κ3) is 3.19. The van der Waals surface area contributed by atoms with Crippen molar-refractivity contribution in [1.29, 1.82) is 0 Å². The van der Waals surface area contributed by atoms with Crippen molar-refractivity contribution in [3.8, 4) is 5.88 Å². The molecule has 3 heterocycles. The van der Waals surface area contributed by atoms with E-state index in [9.17, 15) is 13.9 Å². The smallest absolute Gasteiger partial charge is 0.215 e. The quantitative estimate of drug-likeness (QED) is 0.714. The van der Waals surface area contributed by atoms with Crippen LogP contribution in [0.2, 0.25) is 0 Å². The maximum Gasteiger partial charge on any atom is 0.215 e. The average Bonchev–Trinajstić information content (AvgIpc) is 3.25. The Bertz CT molecular complexity index is 926. The maximum atomic E-state index is 13.7. The van der Waals surface area contributed by atoms with Gasteiger partial charge in [-0.3, -0.25) is 0 Å². The number of rotatable bonds is 4. The van der Waals surface area contributed by atoms with Gasteiger partial charge in [0.15, 0.2) is 17.3 Å². The Labute approximate surface area is 146 Å². The Kier molecular flexibility index (Phi) is 4.30. The Hall–Kier alpha value is -2.19. The molecule has 1 fully saturated rings. The zero-order valence-electron chi connectivity index (χ0n) is 13.2. The molecule has 0 saturated carbocycles. The van der Waals surface area contributed by atoms with Crippen LogP contribution in [-0.4, -0.2) is 26.3 Å². The van der Waals surface area contributed by atoms with Crippen LogP contribution in [-0.2, 0) is 10.5 Å². The number of aromatic hydroxyl groups is 1. The molecule has 130 valence electrons. The van der Waals surface area contributed by atoms with Gasteiger partial charge in [-0.2, -0.15) is 9.61 Å². The monoisotopic (exact) mass is 363 g/mol. The molecule has 1 atom stereocenters. The molecule has 1 aliphatic rings. The SMILES string of the molecule is Oc1cc(CSc2cccc(F)c2F)nc2cc(C3CCCO3)nn12. The van der Waals surface area contributed by atoms with Crippen LogP contribution in [0.5, 0.6) is 5.88 Å². The molecule has 0 bridgehead atoms. The van der Waals surface area contributed by atoms with E-state index in [1.165, 1.54) is 22.7 Å². The van der Waals surface area contributed by atoms with Crippen LogP contribution in [0.25, 0.3) is 5.65 Å². The van der Waals surface area contributed by atoms with E-state index in [0.717, 1.165) is 36.4 Å². The summed E-state index contributed by atoms with van der Waals surface area (Å²) in [5, 5.41) is 14.5. The Morgan fingerprint density at radius 1 is 1.32 bits per heavy atom. The summed E-state index contributed by atoms with van der Waals surface area (Å²) in [5.74, 6) is -1.51. The number of hydrogen-bond acceptors (Lipinski definition) is 5. The third-order valence-corrected chi connectivity index (χ3v) is 5.10. The summed E-state index contributed by atoms with van der Waals surface area (Å²) in [4.78, 5) is 4.65. The first-order chi connectivity index (χ1) is 12.1. The zero-order chi connectivity index (χ0) is 17.4. The summed E-state index contributed by atoms with van der Waals surface area (Å²) >= 11 is 1.12. The van der Waals surface area contributed by atoms with Gasteiger partial charge in [0.05, 0.1) is 11.4 Å². The van der Waals surface area contributed by atoms with Crippen LogP contribution in [0, 0.1) is 11.6 Å². The van der Waals surface area contributed by atoms with Crippen molar-refractivity contribution in [3.63, 3.8) is 0 Å². The van der Waals surface area contributed by atoms with Crippen LogP contribution in [0.15, 0.2) is 35.2 Å². The fourth-order valence-corrected chi connectivity index (χ4v) is 3.67. The molecule has 0 aliphatic carbocycles. The van der Waals surface area contributed by atoms with Gasteiger partial charge in [0.1, 0.15) is 6.10 Å². The number of hydrogen-bond donors (Lipinski definition) is 1. The highest BCUT2D eigenvalue weighted by atomic mass is 32.2. The van der Waals surface area contributed by atoms with E-state index < -0.39 is 11.6 Å². The van der Waals surface area contributed by atoms with Crippen molar-refractivity contribution in [2.24, 2.45) is 0 Å². The zero-order valence-corrected chi connectivity index (χ0v) is 14.0. The highest BCUT2D eigenvalue weighted by Gasteiger charge is 2.22. The Morgan fingerprint density at radius 3 is 3.00 bits per heavy atom. The van der Waals surface area contributed by atoms with E-state index in [-0.39, 0.29) is 16.9 Å². The number of nitrogens with zero attached hydrogens (tertiary/aromatic N) is 3. The summed E-state index contributed by atoms with van der Waals surface area (Å²) in [7, 11) is 0. The number of thioether (sulfide) groups is 1. The predicted octanol–water partition coefficient (Wildman–Crippen LogP) is 3.86. The molecule has 3 aromatic rings. The molecule has 1 saturated heterocycles. The predicted molar refractivity (Wildman–Crippen MR) is 88.5 cm³/mol. The number of ether oxygens (including phenoxy) is 1. The molecule has 2 aromatic heterocycles. The molecular weight excluding hydrogens is 348 g/mol. The van der Waals surface area contributed by atoms with Gasteiger partial charge in [0, 0.05) is 29.4 Å². The molecule has 4 rings (SSSR count). The Balaban J connectivity index is 1.58.